The lowest BCUT2D eigenvalue weighted by molar-refractivity contribution is 0.307. The summed E-state index contributed by atoms with van der Waals surface area (Å²) in [6, 6.07) is 1.80. The molecule has 1 heterocycles. The van der Waals surface area contributed by atoms with E-state index < -0.39 is 0 Å². The van der Waals surface area contributed by atoms with Crippen LogP contribution in [0.5, 0.6) is 0 Å². The molecule has 0 aliphatic heterocycles. The van der Waals surface area contributed by atoms with Gasteiger partial charge in [0.25, 0.3) is 0 Å². The van der Waals surface area contributed by atoms with E-state index in [9.17, 15) is 4.39 Å². The highest BCUT2D eigenvalue weighted by molar-refractivity contribution is 5.19. The first kappa shape index (κ1) is 10.6. The van der Waals surface area contributed by atoms with Crippen LogP contribution >= 0.6 is 0 Å². The van der Waals surface area contributed by atoms with Crippen LogP contribution in [-0.2, 0) is 0 Å². The molecule has 1 aliphatic carbocycles. The highest BCUT2D eigenvalue weighted by atomic mass is 19.1. The molecule has 2 nitrogen and oxygen atoms in total. The van der Waals surface area contributed by atoms with Gasteiger partial charge < -0.3 is 5.73 Å². The molecule has 1 aromatic rings. The maximum absolute atomic E-state index is 13.6. The molecule has 2 unspecified atom stereocenters. The van der Waals surface area contributed by atoms with Gasteiger partial charge in [-0.25, -0.2) is 4.39 Å². The predicted molar refractivity (Wildman–Crippen MR) is 57.9 cm³/mol. The zero-order valence-corrected chi connectivity index (χ0v) is 8.82. The fourth-order valence-electron chi connectivity index (χ4n) is 2.59. The van der Waals surface area contributed by atoms with Gasteiger partial charge >= 0.3 is 0 Å². The Balaban J connectivity index is 2.24. The molecule has 82 valence electrons. The molecule has 0 radical (unpaired) electrons. The van der Waals surface area contributed by atoms with Crippen LogP contribution in [0, 0.1) is 11.7 Å². The Morgan fingerprint density at radius 1 is 1.40 bits per heavy atom. The first-order valence-electron chi connectivity index (χ1n) is 5.62. The molecule has 0 saturated heterocycles. The van der Waals surface area contributed by atoms with Crippen LogP contribution in [0.4, 0.5) is 4.39 Å². The van der Waals surface area contributed by atoms with Crippen molar-refractivity contribution in [3.8, 4) is 0 Å². The summed E-state index contributed by atoms with van der Waals surface area (Å²) in [4.78, 5) is 3.78. The van der Waals surface area contributed by atoms with E-state index in [1.54, 1.807) is 12.3 Å². The van der Waals surface area contributed by atoms with E-state index in [0.29, 0.717) is 18.4 Å². The van der Waals surface area contributed by atoms with Crippen molar-refractivity contribution >= 4 is 0 Å². The number of hydrogen-bond acceptors (Lipinski definition) is 2. The van der Waals surface area contributed by atoms with Crippen LogP contribution in [-0.4, -0.2) is 11.5 Å². The molecule has 2 atom stereocenters. The molecule has 2 N–H and O–H groups in total. The van der Waals surface area contributed by atoms with Gasteiger partial charge in [0.15, 0.2) is 0 Å². The molecule has 1 saturated carbocycles. The first-order chi connectivity index (χ1) is 7.33. The van der Waals surface area contributed by atoms with Crippen molar-refractivity contribution in [2.45, 2.75) is 31.6 Å². The second-order valence-corrected chi connectivity index (χ2v) is 4.28. The quantitative estimate of drug-likeness (QED) is 0.810. The fourth-order valence-corrected chi connectivity index (χ4v) is 2.59. The predicted octanol–water partition coefficient (Wildman–Crippen LogP) is 2.45. The van der Waals surface area contributed by atoms with E-state index in [4.69, 9.17) is 5.73 Å². The van der Waals surface area contributed by atoms with Crippen LogP contribution < -0.4 is 5.73 Å². The summed E-state index contributed by atoms with van der Waals surface area (Å²) in [5, 5.41) is 0. The Kier molecular flexibility index (Phi) is 3.31. The van der Waals surface area contributed by atoms with Gasteiger partial charge in [0.1, 0.15) is 5.82 Å². The van der Waals surface area contributed by atoms with Gasteiger partial charge in [-0.2, -0.15) is 0 Å². The zero-order valence-electron chi connectivity index (χ0n) is 8.82. The van der Waals surface area contributed by atoms with Crippen molar-refractivity contribution < 1.29 is 4.39 Å². The number of nitrogens with zero attached hydrogens (tertiary/aromatic N) is 1. The third kappa shape index (κ3) is 2.17. The number of halogens is 1. The third-order valence-corrected chi connectivity index (χ3v) is 3.42. The largest absolute Gasteiger partial charge is 0.330 e. The Morgan fingerprint density at radius 2 is 2.20 bits per heavy atom. The van der Waals surface area contributed by atoms with E-state index >= 15 is 0 Å². The lowest BCUT2D eigenvalue weighted by Crippen LogP contribution is -2.25. The van der Waals surface area contributed by atoms with Crippen LogP contribution in [0.3, 0.4) is 0 Å². The summed E-state index contributed by atoms with van der Waals surface area (Å²) in [5.74, 6) is 0.560. The maximum atomic E-state index is 13.6. The van der Waals surface area contributed by atoms with Gasteiger partial charge in [0, 0.05) is 6.20 Å². The van der Waals surface area contributed by atoms with Gasteiger partial charge in [0.2, 0.25) is 0 Å². The van der Waals surface area contributed by atoms with Gasteiger partial charge in [-0.15, -0.1) is 0 Å². The molecule has 0 bridgehead atoms. The van der Waals surface area contributed by atoms with E-state index in [1.165, 1.54) is 19.0 Å². The topological polar surface area (TPSA) is 38.9 Å². The average Bonchev–Trinajstić information content (AvgIpc) is 2.30. The lowest BCUT2D eigenvalue weighted by atomic mass is 9.75. The Labute approximate surface area is 89.7 Å². The summed E-state index contributed by atoms with van der Waals surface area (Å²) < 4.78 is 13.6. The molecule has 1 aromatic heterocycles. The van der Waals surface area contributed by atoms with Gasteiger partial charge in [-0.1, -0.05) is 12.8 Å². The lowest BCUT2D eigenvalue weighted by Gasteiger charge is -2.31. The van der Waals surface area contributed by atoms with E-state index in [0.717, 1.165) is 18.4 Å². The minimum Gasteiger partial charge on any atom is -0.330 e. The molecule has 0 amide bonds. The average molecular weight is 208 g/mol. The van der Waals surface area contributed by atoms with Gasteiger partial charge in [-0.05, 0) is 42.9 Å². The van der Waals surface area contributed by atoms with Crippen molar-refractivity contribution in [3.05, 3.63) is 29.8 Å². The summed E-state index contributed by atoms with van der Waals surface area (Å²) in [7, 11) is 0. The second-order valence-electron chi connectivity index (χ2n) is 4.28. The van der Waals surface area contributed by atoms with E-state index in [-0.39, 0.29) is 5.82 Å². The minimum absolute atomic E-state index is 0.178. The number of aromatic nitrogens is 1. The molecule has 1 fully saturated rings. The summed E-state index contributed by atoms with van der Waals surface area (Å²) in [6.07, 6.45) is 7.57. The molecular formula is C12H17FN2. The molecule has 1 aliphatic rings. The summed E-state index contributed by atoms with van der Waals surface area (Å²) >= 11 is 0. The van der Waals surface area contributed by atoms with Gasteiger partial charge in [0.05, 0.1) is 6.20 Å². The summed E-state index contributed by atoms with van der Waals surface area (Å²) in [5.41, 5.74) is 6.55. The molecule has 0 spiro atoms. The van der Waals surface area contributed by atoms with Crippen molar-refractivity contribution in [2.75, 3.05) is 6.54 Å². The SMILES string of the molecule is NCC1CCCCC1c1ccncc1F. The maximum Gasteiger partial charge on any atom is 0.144 e. The van der Waals surface area contributed by atoms with Crippen LogP contribution in [0.15, 0.2) is 18.5 Å². The normalized spacial score (nSPS) is 26.5. The van der Waals surface area contributed by atoms with Crippen LogP contribution in [0.2, 0.25) is 0 Å². The van der Waals surface area contributed by atoms with Crippen molar-refractivity contribution in [1.82, 2.24) is 4.98 Å². The van der Waals surface area contributed by atoms with Crippen LogP contribution in [0.25, 0.3) is 0 Å². The van der Waals surface area contributed by atoms with E-state index in [1.807, 2.05) is 0 Å². The highest BCUT2D eigenvalue weighted by Gasteiger charge is 2.27. The number of pyridine rings is 1. The van der Waals surface area contributed by atoms with E-state index in [2.05, 4.69) is 4.98 Å². The van der Waals surface area contributed by atoms with Gasteiger partial charge in [-0.3, -0.25) is 4.98 Å². The van der Waals surface area contributed by atoms with Crippen molar-refractivity contribution in [2.24, 2.45) is 11.7 Å². The number of rotatable bonds is 2. The van der Waals surface area contributed by atoms with Crippen LogP contribution in [0.1, 0.15) is 37.2 Å². The van der Waals surface area contributed by atoms with Crippen molar-refractivity contribution in [1.29, 1.82) is 0 Å². The molecule has 3 heteroatoms. The molecule has 0 aromatic carbocycles. The Hall–Kier alpha value is -0.960. The summed E-state index contributed by atoms with van der Waals surface area (Å²) in [6.45, 7) is 0.659. The minimum atomic E-state index is -0.178. The fraction of sp³-hybridized carbons (Fsp3) is 0.583. The smallest absolute Gasteiger partial charge is 0.144 e. The third-order valence-electron chi connectivity index (χ3n) is 3.42. The monoisotopic (exact) mass is 208 g/mol. The first-order valence-corrected chi connectivity index (χ1v) is 5.62. The number of hydrogen-bond donors (Lipinski definition) is 1. The standard InChI is InChI=1S/C12H17FN2/c13-12-8-15-6-5-11(12)10-4-2-1-3-9(10)7-14/h5-6,8-10H,1-4,7,14H2. The number of nitrogens with two attached hydrogens (primary N) is 1. The highest BCUT2D eigenvalue weighted by Crippen LogP contribution is 2.37. The Bertz CT molecular complexity index is 327. The molecule has 2 rings (SSSR count). The Morgan fingerprint density at radius 3 is 2.93 bits per heavy atom. The zero-order chi connectivity index (χ0) is 10.7. The molecular weight excluding hydrogens is 191 g/mol. The van der Waals surface area contributed by atoms with Crippen molar-refractivity contribution in [3.63, 3.8) is 0 Å². The second kappa shape index (κ2) is 4.71. The molecule has 15 heavy (non-hydrogen) atoms.